The van der Waals surface area contributed by atoms with E-state index in [0.29, 0.717) is 21.5 Å². The van der Waals surface area contributed by atoms with Crippen molar-refractivity contribution < 1.29 is 17.7 Å². The molecular weight excluding hydrogens is 377 g/mol. The van der Waals surface area contributed by atoms with E-state index in [1.807, 2.05) is 0 Å². The van der Waals surface area contributed by atoms with E-state index in [9.17, 15) is 13.2 Å². The van der Waals surface area contributed by atoms with Gasteiger partial charge in [0.25, 0.3) is 0 Å². The summed E-state index contributed by atoms with van der Waals surface area (Å²) in [5.41, 5.74) is 0.431. The van der Waals surface area contributed by atoms with Gasteiger partial charge in [-0.1, -0.05) is 28.4 Å². The number of halogens is 2. The van der Waals surface area contributed by atoms with E-state index in [1.165, 1.54) is 12.1 Å². The molecule has 10 heteroatoms. The molecule has 0 aliphatic carbocycles. The predicted molar refractivity (Wildman–Crippen MR) is 93.1 cm³/mol. The zero-order valence-corrected chi connectivity index (χ0v) is 15.2. The first-order chi connectivity index (χ1) is 11.1. The molecular formula is C14H15Cl2N3O4S. The van der Waals surface area contributed by atoms with E-state index in [0.717, 1.165) is 10.6 Å². The number of nitrogens with one attached hydrogen (secondary N) is 1. The molecule has 130 valence electrons. The monoisotopic (exact) mass is 391 g/mol. The Morgan fingerprint density at radius 1 is 1.25 bits per heavy atom. The number of aromatic nitrogens is 1. The number of sulfonamides is 1. The highest BCUT2D eigenvalue weighted by molar-refractivity contribution is 7.92. The summed E-state index contributed by atoms with van der Waals surface area (Å²) in [6.07, 6.45) is 0.953. The Kier molecular flexibility index (Phi) is 5.74. The van der Waals surface area contributed by atoms with Crippen molar-refractivity contribution in [2.24, 2.45) is 0 Å². The summed E-state index contributed by atoms with van der Waals surface area (Å²) >= 11 is 11.7. The highest BCUT2D eigenvalue weighted by Gasteiger charge is 2.21. The van der Waals surface area contributed by atoms with Crippen molar-refractivity contribution in [3.63, 3.8) is 0 Å². The number of aryl methyl sites for hydroxylation is 1. The third-order valence-corrected chi connectivity index (χ3v) is 4.57. The number of carbonyl (C=O) groups is 1. The largest absolute Gasteiger partial charge is 0.360 e. The minimum Gasteiger partial charge on any atom is -0.360 e. The summed E-state index contributed by atoms with van der Waals surface area (Å²) in [6.45, 7) is 1.57. The Morgan fingerprint density at radius 2 is 1.88 bits per heavy atom. The van der Waals surface area contributed by atoms with E-state index in [2.05, 4.69) is 10.5 Å². The number of anilines is 2. The molecule has 1 aromatic heterocycles. The number of benzene rings is 1. The quantitative estimate of drug-likeness (QED) is 0.816. The van der Waals surface area contributed by atoms with Crippen molar-refractivity contribution in [2.75, 3.05) is 22.4 Å². The average molecular weight is 392 g/mol. The molecule has 2 aromatic rings. The Bertz CT molecular complexity index is 831. The van der Waals surface area contributed by atoms with Crippen molar-refractivity contribution in [1.82, 2.24) is 5.16 Å². The van der Waals surface area contributed by atoms with E-state index in [-0.39, 0.29) is 24.7 Å². The molecule has 0 aliphatic rings. The predicted octanol–water partition coefficient (Wildman–Crippen LogP) is 3.08. The molecule has 0 fully saturated rings. The molecule has 7 nitrogen and oxygen atoms in total. The standard InChI is InChI=1S/C14H15Cl2N3O4S/c1-9-5-13(18-23-9)19(24(2,21)22)4-3-14(20)17-12-7-10(15)6-11(16)8-12/h5-8H,3-4H2,1-2H3,(H,17,20). The first-order valence-corrected chi connectivity index (χ1v) is 9.42. The van der Waals surface area contributed by atoms with Crippen LogP contribution in [-0.2, 0) is 14.8 Å². The summed E-state index contributed by atoms with van der Waals surface area (Å²) in [5.74, 6) is 0.215. The SMILES string of the molecule is Cc1cc(N(CCC(=O)Nc2cc(Cl)cc(Cl)c2)S(C)(=O)=O)no1. The van der Waals surface area contributed by atoms with E-state index >= 15 is 0 Å². The van der Waals surface area contributed by atoms with Crippen LogP contribution in [0.5, 0.6) is 0 Å². The smallest absolute Gasteiger partial charge is 0.233 e. The van der Waals surface area contributed by atoms with Crippen molar-refractivity contribution in [3.05, 3.63) is 40.1 Å². The van der Waals surface area contributed by atoms with Gasteiger partial charge in [0.1, 0.15) is 5.76 Å². The molecule has 1 N–H and O–H groups in total. The molecule has 0 atom stereocenters. The second-order valence-electron chi connectivity index (χ2n) is 5.09. The van der Waals surface area contributed by atoms with Crippen molar-refractivity contribution in [3.8, 4) is 0 Å². The van der Waals surface area contributed by atoms with Gasteiger partial charge in [-0.05, 0) is 25.1 Å². The molecule has 0 radical (unpaired) electrons. The highest BCUT2D eigenvalue weighted by atomic mass is 35.5. The Morgan fingerprint density at radius 3 is 2.38 bits per heavy atom. The molecule has 0 aliphatic heterocycles. The lowest BCUT2D eigenvalue weighted by Crippen LogP contribution is -2.33. The Labute approximate surface area is 149 Å². The van der Waals surface area contributed by atoms with Gasteiger partial charge < -0.3 is 9.84 Å². The minimum absolute atomic E-state index is 0.0784. The lowest BCUT2D eigenvalue weighted by molar-refractivity contribution is -0.116. The van der Waals surface area contributed by atoms with Gasteiger partial charge in [0.2, 0.25) is 15.9 Å². The van der Waals surface area contributed by atoms with Crippen LogP contribution >= 0.6 is 23.2 Å². The van der Waals surface area contributed by atoms with Gasteiger partial charge in [-0.2, -0.15) is 0 Å². The molecule has 0 saturated heterocycles. The van der Waals surface area contributed by atoms with Gasteiger partial charge in [-0.3, -0.25) is 9.10 Å². The first-order valence-electron chi connectivity index (χ1n) is 6.82. The summed E-state index contributed by atoms with van der Waals surface area (Å²) < 4.78 is 29.6. The second-order valence-corrected chi connectivity index (χ2v) is 7.87. The van der Waals surface area contributed by atoms with Crippen LogP contribution in [0.4, 0.5) is 11.5 Å². The number of carbonyl (C=O) groups excluding carboxylic acids is 1. The van der Waals surface area contributed by atoms with Crippen LogP contribution in [0.25, 0.3) is 0 Å². The molecule has 1 amide bonds. The zero-order valence-electron chi connectivity index (χ0n) is 12.9. The fourth-order valence-electron chi connectivity index (χ4n) is 1.97. The molecule has 0 unspecified atom stereocenters. The van der Waals surface area contributed by atoms with Gasteiger partial charge >= 0.3 is 0 Å². The summed E-state index contributed by atoms with van der Waals surface area (Å²) in [6, 6.07) is 6.11. The lowest BCUT2D eigenvalue weighted by atomic mass is 10.3. The second kappa shape index (κ2) is 7.42. The van der Waals surface area contributed by atoms with Crippen LogP contribution in [0, 0.1) is 6.92 Å². The summed E-state index contributed by atoms with van der Waals surface area (Å²) in [5, 5.41) is 7.05. The maximum atomic E-state index is 12.0. The van der Waals surface area contributed by atoms with Gasteiger partial charge in [-0.25, -0.2) is 8.42 Å². The van der Waals surface area contributed by atoms with E-state index in [4.69, 9.17) is 27.7 Å². The van der Waals surface area contributed by atoms with Crippen LogP contribution in [-0.4, -0.2) is 32.3 Å². The summed E-state index contributed by atoms with van der Waals surface area (Å²) in [4.78, 5) is 12.0. The minimum atomic E-state index is -3.60. The normalized spacial score (nSPS) is 11.3. The molecule has 24 heavy (non-hydrogen) atoms. The average Bonchev–Trinajstić information content (AvgIpc) is 2.82. The fraction of sp³-hybridized carbons (Fsp3) is 0.286. The topological polar surface area (TPSA) is 92.5 Å². The van der Waals surface area contributed by atoms with Crippen LogP contribution in [0.1, 0.15) is 12.2 Å². The molecule has 0 bridgehead atoms. The Balaban J connectivity index is 2.05. The number of hydrogen-bond acceptors (Lipinski definition) is 5. The summed E-state index contributed by atoms with van der Waals surface area (Å²) in [7, 11) is -3.60. The molecule has 1 aromatic carbocycles. The third kappa shape index (κ3) is 5.12. The number of amides is 1. The van der Waals surface area contributed by atoms with Crippen LogP contribution < -0.4 is 9.62 Å². The molecule has 0 saturated carbocycles. The number of hydrogen-bond donors (Lipinski definition) is 1. The van der Waals surface area contributed by atoms with Crippen LogP contribution in [0.15, 0.2) is 28.8 Å². The first kappa shape index (κ1) is 18.6. The fourth-order valence-corrected chi connectivity index (χ4v) is 3.35. The highest BCUT2D eigenvalue weighted by Crippen LogP contribution is 2.23. The van der Waals surface area contributed by atoms with Crippen LogP contribution in [0.3, 0.4) is 0 Å². The van der Waals surface area contributed by atoms with Crippen LogP contribution in [0.2, 0.25) is 10.0 Å². The molecule has 1 heterocycles. The van der Waals surface area contributed by atoms with E-state index in [1.54, 1.807) is 19.1 Å². The lowest BCUT2D eigenvalue weighted by Gasteiger charge is -2.18. The number of rotatable bonds is 6. The zero-order chi connectivity index (χ0) is 17.9. The van der Waals surface area contributed by atoms with Crippen molar-refractivity contribution in [2.45, 2.75) is 13.3 Å². The van der Waals surface area contributed by atoms with Gasteiger partial charge in [0, 0.05) is 34.8 Å². The van der Waals surface area contributed by atoms with Crippen molar-refractivity contribution >= 4 is 50.6 Å². The molecule has 2 rings (SSSR count). The van der Waals surface area contributed by atoms with Gasteiger partial charge in [-0.15, -0.1) is 0 Å². The van der Waals surface area contributed by atoms with Gasteiger partial charge in [0.15, 0.2) is 5.82 Å². The maximum Gasteiger partial charge on any atom is 0.233 e. The third-order valence-electron chi connectivity index (χ3n) is 2.96. The van der Waals surface area contributed by atoms with Gasteiger partial charge in [0.05, 0.1) is 6.26 Å². The Hall–Kier alpha value is -1.77. The van der Waals surface area contributed by atoms with Crippen molar-refractivity contribution in [1.29, 1.82) is 0 Å². The van der Waals surface area contributed by atoms with E-state index < -0.39 is 10.0 Å². The molecule has 0 spiro atoms. The number of nitrogens with zero attached hydrogens (tertiary/aromatic N) is 2. The maximum absolute atomic E-state index is 12.0.